The predicted octanol–water partition coefficient (Wildman–Crippen LogP) is 4.82. The van der Waals surface area contributed by atoms with Crippen molar-refractivity contribution in [3.63, 3.8) is 0 Å². The second-order valence-electron chi connectivity index (χ2n) is 12.4. The SMILES string of the molecule is COc1ccc2c(c1)c1cc[n+]2Cc2cccc(c2)C[n+]2ccc(c3cc(OC)ccc32)NCc2ccc(cc2)CN1.O=C([O-])C(F)(F)F.O=C([O-])C(F)(F)F. The zero-order valence-corrected chi connectivity index (χ0v) is 29.8. The number of hydrogen-bond acceptors (Lipinski definition) is 8. The molecule has 8 bridgehead atoms. The maximum Gasteiger partial charge on any atom is 0.430 e. The number of ether oxygens (including phenoxy) is 2. The molecule has 4 aromatic carbocycles. The van der Waals surface area contributed by atoms with Crippen molar-refractivity contribution in [1.29, 1.82) is 0 Å². The van der Waals surface area contributed by atoms with Crippen molar-refractivity contribution in [2.75, 3.05) is 24.9 Å². The van der Waals surface area contributed by atoms with Crippen LogP contribution in [0.25, 0.3) is 21.8 Å². The Bertz CT molecular complexity index is 2190. The van der Waals surface area contributed by atoms with Crippen molar-refractivity contribution in [3.05, 3.63) is 132 Å². The normalized spacial score (nSPS) is 12.6. The molecular formula is C40H34F6N4O6. The molecule has 2 aromatic heterocycles. The molecule has 0 amide bonds. The van der Waals surface area contributed by atoms with Gasteiger partial charge in [0.25, 0.3) is 0 Å². The number of anilines is 2. The van der Waals surface area contributed by atoms with Crippen LogP contribution in [0.4, 0.5) is 37.7 Å². The largest absolute Gasteiger partial charge is 0.542 e. The highest BCUT2D eigenvalue weighted by Gasteiger charge is 2.29. The van der Waals surface area contributed by atoms with Crippen LogP contribution >= 0.6 is 0 Å². The van der Waals surface area contributed by atoms with Crippen LogP contribution in [0.15, 0.2) is 109 Å². The first-order chi connectivity index (χ1) is 26.5. The van der Waals surface area contributed by atoms with E-state index in [0.717, 1.165) is 70.9 Å². The second-order valence-corrected chi connectivity index (χ2v) is 12.4. The molecule has 0 atom stereocenters. The molecule has 0 saturated carbocycles. The number of nitrogens with one attached hydrogen (secondary N) is 2. The van der Waals surface area contributed by atoms with Gasteiger partial charge in [-0.3, -0.25) is 0 Å². The molecule has 4 aliphatic rings. The lowest BCUT2D eigenvalue weighted by Gasteiger charge is -2.12. The monoisotopic (exact) mass is 780 g/mol. The highest BCUT2D eigenvalue weighted by atomic mass is 19.4. The lowest BCUT2D eigenvalue weighted by atomic mass is 10.1. The summed E-state index contributed by atoms with van der Waals surface area (Å²) in [5, 5.41) is 27.2. The molecule has 0 unspecified atom stereocenters. The average molecular weight is 781 g/mol. The summed E-state index contributed by atoms with van der Waals surface area (Å²) in [6, 6.07) is 34.6. The van der Waals surface area contributed by atoms with Crippen LogP contribution in [0.1, 0.15) is 22.3 Å². The van der Waals surface area contributed by atoms with Crippen LogP contribution in [-0.4, -0.2) is 38.5 Å². The fraction of sp³-hybridized carbons (Fsp3) is 0.200. The van der Waals surface area contributed by atoms with E-state index < -0.39 is 24.3 Å². The number of nitrogens with zero attached hydrogens (tertiary/aromatic N) is 2. The van der Waals surface area contributed by atoms with Gasteiger partial charge in [-0.25, -0.2) is 0 Å². The van der Waals surface area contributed by atoms with E-state index in [4.69, 9.17) is 29.3 Å². The van der Waals surface area contributed by atoms with Gasteiger partial charge in [0.15, 0.2) is 25.5 Å². The van der Waals surface area contributed by atoms with E-state index >= 15 is 0 Å². The molecule has 16 heteroatoms. The number of methoxy groups -OCH3 is 2. The third kappa shape index (κ3) is 10.3. The van der Waals surface area contributed by atoms with E-state index in [-0.39, 0.29) is 0 Å². The molecule has 0 spiro atoms. The molecule has 2 N–H and O–H groups in total. The molecule has 10 rings (SSSR count). The van der Waals surface area contributed by atoms with Crippen molar-refractivity contribution in [1.82, 2.24) is 0 Å². The van der Waals surface area contributed by atoms with Crippen molar-refractivity contribution >= 4 is 45.1 Å². The highest BCUT2D eigenvalue weighted by molar-refractivity contribution is 5.91. The Morgan fingerprint density at radius 3 is 1.29 bits per heavy atom. The number of pyridine rings is 2. The number of halogens is 6. The smallest absolute Gasteiger partial charge is 0.430 e. The Hall–Kier alpha value is -6.58. The van der Waals surface area contributed by atoms with Crippen molar-refractivity contribution in [3.8, 4) is 11.5 Å². The van der Waals surface area contributed by atoms with E-state index in [9.17, 15) is 26.3 Å². The van der Waals surface area contributed by atoms with E-state index in [2.05, 4.69) is 117 Å². The second kappa shape index (κ2) is 17.3. The number of hydrogen-bond donors (Lipinski definition) is 2. The van der Waals surface area contributed by atoms with Crippen LogP contribution in [0.3, 0.4) is 0 Å². The van der Waals surface area contributed by atoms with Crippen molar-refractivity contribution in [2.24, 2.45) is 0 Å². The zero-order valence-electron chi connectivity index (χ0n) is 29.8. The molecule has 56 heavy (non-hydrogen) atoms. The number of alkyl halides is 6. The van der Waals surface area contributed by atoms with Gasteiger partial charge in [0.05, 0.1) is 36.4 Å². The van der Waals surface area contributed by atoms with Gasteiger partial charge in [0.2, 0.25) is 11.0 Å². The van der Waals surface area contributed by atoms with Gasteiger partial charge in [0.1, 0.15) is 23.4 Å². The quantitative estimate of drug-likeness (QED) is 0.189. The summed E-state index contributed by atoms with van der Waals surface area (Å²) in [5.41, 5.74) is 9.45. The number of carboxylic acid groups (broad SMARTS) is 2. The number of carbonyl (C=O) groups is 2. The van der Waals surface area contributed by atoms with E-state index in [0.29, 0.717) is 0 Å². The van der Waals surface area contributed by atoms with E-state index in [1.54, 1.807) is 14.2 Å². The fourth-order valence-corrected chi connectivity index (χ4v) is 5.86. The molecule has 6 heterocycles. The molecule has 0 aliphatic carbocycles. The Kier molecular flexibility index (Phi) is 12.5. The van der Waals surface area contributed by atoms with E-state index in [1.807, 2.05) is 12.1 Å². The molecule has 0 saturated heterocycles. The van der Waals surface area contributed by atoms with Gasteiger partial charge in [-0.15, -0.1) is 0 Å². The topological polar surface area (TPSA) is 131 Å². The first-order valence-electron chi connectivity index (χ1n) is 16.8. The highest BCUT2D eigenvalue weighted by Crippen LogP contribution is 2.28. The summed E-state index contributed by atoms with van der Waals surface area (Å²) < 4.78 is 78.9. The first-order valence-corrected chi connectivity index (χ1v) is 16.8. The lowest BCUT2D eigenvalue weighted by molar-refractivity contribution is -0.663. The van der Waals surface area contributed by atoms with Gasteiger partial charge < -0.3 is 39.9 Å². The van der Waals surface area contributed by atoms with Crippen LogP contribution in [0, 0.1) is 0 Å². The summed E-state index contributed by atoms with van der Waals surface area (Å²) >= 11 is 0. The number of rotatable bonds is 2. The van der Waals surface area contributed by atoms with Gasteiger partial charge in [-0.2, -0.15) is 35.5 Å². The van der Waals surface area contributed by atoms with Crippen molar-refractivity contribution in [2.45, 2.75) is 38.5 Å². The molecule has 0 radical (unpaired) electrons. The van der Waals surface area contributed by atoms with Crippen LogP contribution in [0.5, 0.6) is 11.5 Å². The third-order valence-electron chi connectivity index (χ3n) is 8.60. The Balaban J connectivity index is 0.000000367. The van der Waals surface area contributed by atoms with Crippen LogP contribution in [-0.2, 0) is 35.8 Å². The van der Waals surface area contributed by atoms with Crippen LogP contribution in [0.2, 0.25) is 0 Å². The number of carboxylic acids is 2. The minimum Gasteiger partial charge on any atom is -0.542 e. The Morgan fingerprint density at radius 1 is 0.571 bits per heavy atom. The zero-order chi connectivity index (χ0) is 40.6. The van der Waals surface area contributed by atoms with E-state index in [1.165, 1.54) is 22.3 Å². The Labute approximate surface area is 316 Å². The maximum absolute atomic E-state index is 10.5. The lowest BCUT2D eigenvalue weighted by Crippen LogP contribution is -2.37. The number of aliphatic carboxylic acids is 2. The van der Waals surface area contributed by atoms with Gasteiger partial charge >= 0.3 is 12.4 Å². The number of benzene rings is 4. The standard InChI is InChI=1S/C36H32N4O2.2C2HF3O2/c1-41-29-10-12-35-31(19-29)33-14-16-39(35)23-27-4-3-5-28(18-27)24-40-17-15-34(32-20-30(42-2)11-13-36(32)40)38-22-26-8-6-25(7-9-26)21-37-33;2*3-2(4,5)1(6)7/h3-20H,21-24H2,1-2H3;2*(H,6,7). The molecule has 292 valence electrons. The van der Waals surface area contributed by atoms with Gasteiger partial charge in [0, 0.05) is 48.5 Å². The molecular weight excluding hydrogens is 746 g/mol. The summed E-state index contributed by atoms with van der Waals surface area (Å²) in [7, 11) is 3.44. The molecule has 0 fully saturated rings. The number of fused-ring (bicyclic) bond motifs is 1. The fourth-order valence-electron chi connectivity index (χ4n) is 5.86. The number of carbonyl (C=O) groups excluding carboxylic acids is 2. The summed E-state index contributed by atoms with van der Waals surface area (Å²) in [4.78, 5) is 17.6. The minimum atomic E-state index is -5.19. The molecule has 4 aliphatic heterocycles. The van der Waals surface area contributed by atoms with Crippen LogP contribution < -0.4 is 39.5 Å². The molecule has 10 nitrogen and oxygen atoms in total. The third-order valence-corrected chi connectivity index (χ3v) is 8.60. The molecule has 6 aromatic rings. The number of aromatic nitrogens is 2. The summed E-state index contributed by atoms with van der Waals surface area (Å²) in [5.74, 6) is -4.32. The minimum absolute atomic E-state index is 0.731. The maximum atomic E-state index is 10.5. The Morgan fingerprint density at radius 2 is 0.946 bits per heavy atom. The van der Waals surface area contributed by atoms with Gasteiger partial charge in [-0.1, -0.05) is 42.5 Å². The average Bonchev–Trinajstić information content (AvgIpc) is 3.17. The first kappa shape index (κ1) is 40.6. The summed E-state index contributed by atoms with van der Waals surface area (Å²) in [6.45, 7) is 3.00. The summed E-state index contributed by atoms with van der Waals surface area (Å²) in [6.07, 6.45) is -6.04. The van der Waals surface area contributed by atoms with Gasteiger partial charge in [-0.05, 0) is 41.5 Å². The van der Waals surface area contributed by atoms with Crippen molar-refractivity contribution < 1.29 is 64.8 Å². The predicted molar refractivity (Wildman–Crippen MR) is 189 cm³/mol.